The van der Waals surface area contributed by atoms with Gasteiger partial charge in [-0.05, 0) is 6.42 Å². The van der Waals surface area contributed by atoms with Crippen molar-refractivity contribution in [3.05, 3.63) is 12.5 Å². The van der Waals surface area contributed by atoms with Gasteiger partial charge in [-0.25, -0.2) is 9.97 Å². The molecule has 1 atom stereocenters. The Morgan fingerprint density at radius 3 is 3.06 bits per heavy atom. The summed E-state index contributed by atoms with van der Waals surface area (Å²) in [5.41, 5.74) is 0.796. The van der Waals surface area contributed by atoms with Crippen LogP contribution >= 0.6 is 0 Å². The van der Waals surface area contributed by atoms with Crippen LogP contribution in [0.4, 0.5) is 5.82 Å². The third kappa shape index (κ3) is 1.70. The molecule has 0 saturated carbocycles. The molecule has 0 aliphatic rings. The number of aryl methyl sites for hydroxylation is 1. The smallest absolute Gasteiger partial charge is 0.163 e. The standard InChI is InChI=1S/C11H13N5/c1-4-8(5-2)15-10-9-6-14-16(3)11(9)13-7-12-10/h1,6-8H,5H2,2-3H3,(H,12,13,15). The molecule has 0 spiro atoms. The Kier molecular flexibility index (Phi) is 2.73. The third-order valence-corrected chi connectivity index (χ3v) is 2.45. The van der Waals surface area contributed by atoms with Gasteiger partial charge in [-0.3, -0.25) is 4.68 Å². The Bertz CT molecular complexity index is 537. The van der Waals surface area contributed by atoms with Crippen LogP contribution in [0.2, 0.25) is 0 Å². The molecule has 1 N–H and O–H groups in total. The number of hydrogen-bond acceptors (Lipinski definition) is 4. The van der Waals surface area contributed by atoms with Gasteiger partial charge in [-0.1, -0.05) is 12.8 Å². The van der Waals surface area contributed by atoms with Gasteiger partial charge in [0.25, 0.3) is 0 Å². The van der Waals surface area contributed by atoms with Gasteiger partial charge in [-0.2, -0.15) is 5.10 Å². The number of aromatic nitrogens is 4. The monoisotopic (exact) mass is 215 g/mol. The zero-order valence-corrected chi connectivity index (χ0v) is 9.31. The number of rotatable bonds is 3. The second-order valence-corrected chi connectivity index (χ2v) is 3.50. The lowest BCUT2D eigenvalue weighted by Crippen LogP contribution is -2.16. The first-order valence-electron chi connectivity index (χ1n) is 5.11. The zero-order chi connectivity index (χ0) is 11.5. The number of fused-ring (bicyclic) bond motifs is 1. The topological polar surface area (TPSA) is 55.6 Å². The summed E-state index contributed by atoms with van der Waals surface area (Å²) in [6, 6.07) is -0.0155. The van der Waals surface area contributed by atoms with E-state index < -0.39 is 0 Å². The molecule has 0 aliphatic carbocycles. The fourth-order valence-corrected chi connectivity index (χ4v) is 1.50. The molecule has 0 saturated heterocycles. The Balaban J connectivity index is 2.42. The summed E-state index contributed by atoms with van der Waals surface area (Å²) in [6.45, 7) is 2.03. The van der Waals surface area contributed by atoms with Crippen LogP contribution < -0.4 is 5.32 Å². The normalized spacial score (nSPS) is 12.3. The Labute approximate surface area is 93.9 Å². The van der Waals surface area contributed by atoms with Gasteiger partial charge in [0, 0.05) is 7.05 Å². The molecule has 0 aromatic carbocycles. The van der Waals surface area contributed by atoms with Crippen molar-refractivity contribution in [3.63, 3.8) is 0 Å². The average Bonchev–Trinajstić information content (AvgIpc) is 2.69. The lowest BCUT2D eigenvalue weighted by molar-refractivity contribution is 0.785. The van der Waals surface area contributed by atoms with E-state index in [0.717, 1.165) is 23.3 Å². The first-order valence-corrected chi connectivity index (χ1v) is 5.11. The number of hydrogen-bond donors (Lipinski definition) is 1. The van der Waals surface area contributed by atoms with Crippen LogP contribution in [0, 0.1) is 12.3 Å². The van der Waals surface area contributed by atoms with Crippen LogP contribution in [0.5, 0.6) is 0 Å². The molecule has 16 heavy (non-hydrogen) atoms. The van der Waals surface area contributed by atoms with Gasteiger partial charge >= 0.3 is 0 Å². The molecule has 0 fully saturated rings. The molecule has 0 bridgehead atoms. The van der Waals surface area contributed by atoms with Crippen LogP contribution in [-0.4, -0.2) is 25.8 Å². The van der Waals surface area contributed by atoms with Crippen molar-refractivity contribution in [2.45, 2.75) is 19.4 Å². The summed E-state index contributed by atoms with van der Waals surface area (Å²) < 4.78 is 1.71. The Hall–Kier alpha value is -2.09. The third-order valence-electron chi connectivity index (χ3n) is 2.45. The highest BCUT2D eigenvalue weighted by Crippen LogP contribution is 2.18. The van der Waals surface area contributed by atoms with Crippen molar-refractivity contribution >= 4 is 16.9 Å². The van der Waals surface area contributed by atoms with E-state index in [9.17, 15) is 0 Å². The van der Waals surface area contributed by atoms with Crippen molar-refractivity contribution < 1.29 is 0 Å². The molecule has 5 nitrogen and oxygen atoms in total. The molecule has 2 aromatic heterocycles. The highest BCUT2D eigenvalue weighted by Gasteiger charge is 2.09. The van der Waals surface area contributed by atoms with Gasteiger partial charge < -0.3 is 5.32 Å². The van der Waals surface area contributed by atoms with Crippen molar-refractivity contribution in [1.82, 2.24) is 19.7 Å². The second-order valence-electron chi connectivity index (χ2n) is 3.50. The molecule has 2 heterocycles. The van der Waals surface area contributed by atoms with Crippen LogP contribution in [-0.2, 0) is 7.05 Å². The number of anilines is 1. The molecular weight excluding hydrogens is 202 g/mol. The van der Waals surface area contributed by atoms with Crippen LogP contribution in [0.25, 0.3) is 11.0 Å². The zero-order valence-electron chi connectivity index (χ0n) is 9.31. The lowest BCUT2D eigenvalue weighted by Gasteiger charge is -2.11. The largest absolute Gasteiger partial charge is 0.356 e. The first kappa shape index (κ1) is 10.4. The van der Waals surface area contributed by atoms with E-state index in [1.807, 2.05) is 14.0 Å². The maximum absolute atomic E-state index is 5.40. The lowest BCUT2D eigenvalue weighted by atomic mass is 10.2. The fraction of sp³-hybridized carbons (Fsp3) is 0.364. The second kappa shape index (κ2) is 4.19. The highest BCUT2D eigenvalue weighted by molar-refractivity contribution is 5.86. The van der Waals surface area contributed by atoms with E-state index in [2.05, 4.69) is 26.3 Å². The Morgan fingerprint density at radius 2 is 2.38 bits per heavy atom. The van der Waals surface area contributed by atoms with E-state index in [1.165, 1.54) is 6.33 Å². The molecule has 2 aromatic rings. The maximum Gasteiger partial charge on any atom is 0.163 e. The van der Waals surface area contributed by atoms with Gasteiger partial charge in [-0.15, -0.1) is 6.42 Å². The van der Waals surface area contributed by atoms with E-state index in [1.54, 1.807) is 10.9 Å². The summed E-state index contributed by atoms with van der Waals surface area (Å²) in [5, 5.41) is 8.22. The number of nitrogens with zero attached hydrogens (tertiary/aromatic N) is 4. The molecule has 2 rings (SSSR count). The fourth-order valence-electron chi connectivity index (χ4n) is 1.50. The summed E-state index contributed by atoms with van der Waals surface area (Å²) >= 11 is 0. The summed E-state index contributed by atoms with van der Waals surface area (Å²) in [5.74, 6) is 3.41. The van der Waals surface area contributed by atoms with E-state index in [4.69, 9.17) is 6.42 Å². The summed E-state index contributed by atoms with van der Waals surface area (Å²) in [6.07, 6.45) is 9.50. The van der Waals surface area contributed by atoms with Gasteiger partial charge in [0.2, 0.25) is 0 Å². The molecule has 82 valence electrons. The van der Waals surface area contributed by atoms with Crippen LogP contribution in [0.15, 0.2) is 12.5 Å². The summed E-state index contributed by atoms with van der Waals surface area (Å²) in [7, 11) is 1.84. The van der Waals surface area contributed by atoms with Crippen molar-refractivity contribution in [3.8, 4) is 12.3 Å². The minimum atomic E-state index is -0.0155. The molecular formula is C11H13N5. The molecule has 0 aliphatic heterocycles. The molecule has 0 radical (unpaired) electrons. The van der Waals surface area contributed by atoms with E-state index >= 15 is 0 Å². The SMILES string of the molecule is C#CC(CC)Nc1ncnc2c1cnn2C. The van der Waals surface area contributed by atoms with Crippen LogP contribution in [0.1, 0.15) is 13.3 Å². The molecule has 0 amide bonds. The predicted octanol–water partition coefficient (Wildman–Crippen LogP) is 1.19. The van der Waals surface area contributed by atoms with Crippen molar-refractivity contribution in [2.24, 2.45) is 7.05 Å². The number of terminal acetylenes is 1. The number of nitrogens with one attached hydrogen (secondary N) is 1. The highest BCUT2D eigenvalue weighted by atomic mass is 15.3. The Morgan fingerprint density at radius 1 is 1.56 bits per heavy atom. The molecule has 5 heteroatoms. The minimum Gasteiger partial charge on any atom is -0.356 e. The van der Waals surface area contributed by atoms with Crippen molar-refractivity contribution in [1.29, 1.82) is 0 Å². The van der Waals surface area contributed by atoms with Crippen molar-refractivity contribution in [2.75, 3.05) is 5.32 Å². The quantitative estimate of drug-likeness (QED) is 0.781. The van der Waals surface area contributed by atoms with Gasteiger partial charge in [0.1, 0.15) is 12.1 Å². The average molecular weight is 215 g/mol. The predicted molar refractivity (Wildman–Crippen MR) is 62.8 cm³/mol. The minimum absolute atomic E-state index is 0.0155. The summed E-state index contributed by atoms with van der Waals surface area (Å²) in [4.78, 5) is 8.34. The van der Waals surface area contributed by atoms with Gasteiger partial charge in [0.15, 0.2) is 5.65 Å². The van der Waals surface area contributed by atoms with Crippen LogP contribution in [0.3, 0.4) is 0 Å². The first-order chi connectivity index (χ1) is 7.76. The van der Waals surface area contributed by atoms with E-state index in [-0.39, 0.29) is 6.04 Å². The van der Waals surface area contributed by atoms with Gasteiger partial charge in [0.05, 0.1) is 17.6 Å². The molecule has 1 unspecified atom stereocenters. The maximum atomic E-state index is 5.40. The van der Waals surface area contributed by atoms with E-state index in [0.29, 0.717) is 0 Å².